The molecule has 1 fully saturated rings. The SMILES string of the molecule is CCN(C(=O)CN1CCC[C@H]1c1cccs1)c1nc2ccccc2s1. The summed E-state index contributed by atoms with van der Waals surface area (Å²) < 4.78 is 1.13. The van der Waals surface area contributed by atoms with Crippen LogP contribution in [0.1, 0.15) is 30.7 Å². The predicted molar refractivity (Wildman–Crippen MR) is 106 cm³/mol. The lowest BCUT2D eigenvalue weighted by atomic mass is 10.2. The van der Waals surface area contributed by atoms with Crippen LogP contribution in [0.25, 0.3) is 10.2 Å². The number of para-hydroxylation sites is 1. The fourth-order valence-electron chi connectivity index (χ4n) is 3.47. The van der Waals surface area contributed by atoms with E-state index >= 15 is 0 Å². The fraction of sp³-hybridized carbons (Fsp3) is 0.368. The van der Waals surface area contributed by atoms with Crippen molar-refractivity contribution in [3.05, 3.63) is 46.7 Å². The molecule has 3 heterocycles. The highest BCUT2D eigenvalue weighted by Crippen LogP contribution is 2.35. The van der Waals surface area contributed by atoms with E-state index in [4.69, 9.17) is 0 Å². The molecule has 0 unspecified atom stereocenters. The number of carbonyl (C=O) groups is 1. The van der Waals surface area contributed by atoms with Gasteiger partial charge in [-0.1, -0.05) is 29.5 Å². The molecule has 1 amide bonds. The summed E-state index contributed by atoms with van der Waals surface area (Å²) in [7, 11) is 0. The minimum absolute atomic E-state index is 0.144. The number of likely N-dealkylation sites (N-methyl/N-ethyl adjacent to an activating group) is 1. The summed E-state index contributed by atoms with van der Waals surface area (Å²) in [5.41, 5.74) is 0.964. The Morgan fingerprint density at radius 1 is 1.32 bits per heavy atom. The molecule has 1 saturated heterocycles. The van der Waals surface area contributed by atoms with E-state index in [0.29, 0.717) is 19.1 Å². The first kappa shape index (κ1) is 16.7. The zero-order valence-corrected chi connectivity index (χ0v) is 15.9. The first-order valence-electron chi connectivity index (χ1n) is 8.69. The number of thiazole rings is 1. The summed E-state index contributed by atoms with van der Waals surface area (Å²) in [6.45, 7) is 4.12. The number of aromatic nitrogens is 1. The maximum absolute atomic E-state index is 13.0. The van der Waals surface area contributed by atoms with Crippen molar-refractivity contribution in [2.24, 2.45) is 0 Å². The lowest BCUT2D eigenvalue weighted by molar-refractivity contribution is -0.119. The lowest BCUT2D eigenvalue weighted by Crippen LogP contribution is -2.40. The number of anilines is 1. The van der Waals surface area contributed by atoms with E-state index < -0.39 is 0 Å². The van der Waals surface area contributed by atoms with E-state index in [2.05, 4.69) is 33.5 Å². The molecule has 1 atom stereocenters. The molecule has 1 aromatic carbocycles. The molecular weight excluding hydrogens is 350 g/mol. The van der Waals surface area contributed by atoms with Crippen LogP contribution < -0.4 is 4.90 Å². The van der Waals surface area contributed by atoms with Crippen LogP contribution in [0.4, 0.5) is 5.13 Å². The van der Waals surface area contributed by atoms with E-state index in [1.54, 1.807) is 22.7 Å². The third kappa shape index (κ3) is 3.34. The Hall–Kier alpha value is -1.76. The third-order valence-corrected chi connectivity index (χ3v) is 6.74. The van der Waals surface area contributed by atoms with E-state index in [1.807, 2.05) is 30.0 Å². The zero-order valence-electron chi connectivity index (χ0n) is 14.2. The molecule has 6 heteroatoms. The van der Waals surface area contributed by atoms with Crippen LogP contribution in [0.3, 0.4) is 0 Å². The molecule has 1 aliphatic rings. The van der Waals surface area contributed by atoms with Crippen molar-refractivity contribution in [1.29, 1.82) is 0 Å². The second-order valence-electron chi connectivity index (χ2n) is 6.25. The third-order valence-electron chi connectivity index (χ3n) is 4.70. The molecule has 2 aromatic heterocycles. The van der Waals surface area contributed by atoms with Crippen molar-refractivity contribution in [3.8, 4) is 0 Å². The largest absolute Gasteiger partial charge is 0.287 e. The topological polar surface area (TPSA) is 36.4 Å². The standard InChI is InChI=1S/C19H21N3OS2/c1-2-22(19-20-14-7-3-4-9-16(14)25-19)18(23)13-21-11-5-8-15(21)17-10-6-12-24-17/h3-4,6-7,9-10,12,15H,2,5,8,11,13H2,1H3/t15-/m0/s1. The Morgan fingerprint density at radius 3 is 2.96 bits per heavy atom. The number of hydrogen-bond donors (Lipinski definition) is 0. The van der Waals surface area contributed by atoms with Crippen molar-refractivity contribution >= 4 is 43.9 Å². The summed E-state index contributed by atoms with van der Waals surface area (Å²) in [5, 5.41) is 2.92. The Labute approximate surface area is 155 Å². The summed E-state index contributed by atoms with van der Waals surface area (Å²) in [6, 6.07) is 12.7. The smallest absolute Gasteiger partial charge is 0.242 e. The van der Waals surface area contributed by atoms with Crippen molar-refractivity contribution in [2.45, 2.75) is 25.8 Å². The number of carbonyl (C=O) groups excluding carboxylic acids is 1. The van der Waals surface area contributed by atoms with Crippen LogP contribution in [-0.4, -0.2) is 35.4 Å². The fourth-order valence-corrected chi connectivity index (χ4v) is 5.41. The van der Waals surface area contributed by atoms with Gasteiger partial charge in [-0.05, 0) is 49.9 Å². The molecule has 0 bridgehead atoms. The van der Waals surface area contributed by atoms with Crippen LogP contribution in [0.2, 0.25) is 0 Å². The van der Waals surface area contributed by atoms with Crippen LogP contribution in [-0.2, 0) is 4.79 Å². The second kappa shape index (κ2) is 7.23. The van der Waals surface area contributed by atoms with Crippen molar-refractivity contribution in [1.82, 2.24) is 9.88 Å². The number of rotatable bonds is 5. The molecule has 0 N–H and O–H groups in total. The van der Waals surface area contributed by atoms with Gasteiger partial charge in [0.1, 0.15) is 0 Å². The van der Waals surface area contributed by atoms with Gasteiger partial charge < -0.3 is 0 Å². The quantitative estimate of drug-likeness (QED) is 0.660. The van der Waals surface area contributed by atoms with Crippen LogP contribution in [0.5, 0.6) is 0 Å². The number of benzene rings is 1. The number of thiophene rings is 1. The van der Waals surface area contributed by atoms with Crippen molar-refractivity contribution in [3.63, 3.8) is 0 Å². The number of nitrogens with zero attached hydrogens (tertiary/aromatic N) is 3. The van der Waals surface area contributed by atoms with Gasteiger partial charge in [-0.15, -0.1) is 11.3 Å². The van der Waals surface area contributed by atoms with Gasteiger partial charge in [0.15, 0.2) is 5.13 Å². The molecule has 130 valence electrons. The molecule has 1 aliphatic heterocycles. The summed E-state index contributed by atoms with van der Waals surface area (Å²) in [5.74, 6) is 0.144. The zero-order chi connectivity index (χ0) is 17.2. The lowest BCUT2D eigenvalue weighted by Gasteiger charge is -2.26. The maximum atomic E-state index is 13.0. The molecule has 0 radical (unpaired) electrons. The second-order valence-corrected chi connectivity index (χ2v) is 8.23. The average Bonchev–Trinajstić information content (AvgIpc) is 3.35. The maximum Gasteiger partial charge on any atom is 0.242 e. The van der Waals surface area contributed by atoms with Gasteiger partial charge in [0.05, 0.1) is 16.8 Å². The van der Waals surface area contributed by atoms with Crippen LogP contribution >= 0.6 is 22.7 Å². The number of fused-ring (bicyclic) bond motifs is 1. The van der Waals surface area contributed by atoms with Gasteiger partial charge in [-0.3, -0.25) is 14.6 Å². The van der Waals surface area contributed by atoms with Crippen molar-refractivity contribution in [2.75, 3.05) is 24.5 Å². The van der Waals surface area contributed by atoms with Crippen molar-refractivity contribution < 1.29 is 4.79 Å². The normalized spacial score (nSPS) is 18.0. The summed E-state index contributed by atoms with van der Waals surface area (Å²) in [6.07, 6.45) is 2.30. The summed E-state index contributed by atoms with van der Waals surface area (Å²) >= 11 is 3.38. The molecule has 0 saturated carbocycles. The van der Waals surface area contributed by atoms with Gasteiger partial charge in [-0.25, -0.2) is 4.98 Å². The minimum Gasteiger partial charge on any atom is -0.287 e. The number of amides is 1. The Morgan fingerprint density at radius 2 is 2.20 bits per heavy atom. The van der Waals surface area contributed by atoms with E-state index in [0.717, 1.165) is 34.7 Å². The van der Waals surface area contributed by atoms with Gasteiger partial charge in [0.2, 0.25) is 5.91 Å². The number of hydrogen-bond acceptors (Lipinski definition) is 5. The molecule has 0 aliphatic carbocycles. The molecule has 0 spiro atoms. The van der Waals surface area contributed by atoms with Gasteiger partial charge >= 0.3 is 0 Å². The van der Waals surface area contributed by atoms with Crippen LogP contribution in [0.15, 0.2) is 41.8 Å². The molecule has 4 rings (SSSR count). The van der Waals surface area contributed by atoms with E-state index in [9.17, 15) is 4.79 Å². The monoisotopic (exact) mass is 371 g/mol. The Kier molecular flexibility index (Phi) is 4.83. The Bertz CT molecular complexity index is 826. The summed E-state index contributed by atoms with van der Waals surface area (Å²) in [4.78, 5) is 23.2. The molecule has 3 aromatic rings. The number of likely N-dealkylation sites (tertiary alicyclic amines) is 1. The van der Waals surface area contributed by atoms with Gasteiger partial charge in [0.25, 0.3) is 0 Å². The minimum atomic E-state index is 0.144. The highest BCUT2D eigenvalue weighted by Gasteiger charge is 2.30. The van der Waals surface area contributed by atoms with E-state index in [1.165, 1.54) is 4.88 Å². The first-order valence-corrected chi connectivity index (χ1v) is 10.4. The predicted octanol–water partition coefficient (Wildman–Crippen LogP) is 4.55. The first-order chi connectivity index (χ1) is 12.3. The van der Waals surface area contributed by atoms with Gasteiger partial charge in [-0.2, -0.15) is 0 Å². The average molecular weight is 372 g/mol. The van der Waals surface area contributed by atoms with Gasteiger partial charge in [0, 0.05) is 17.5 Å². The highest BCUT2D eigenvalue weighted by atomic mass is 32.1. The Balaban J connectivity index is 1.52. The van der Waals surface area contributed by atoms with Crippen LogP contribution in [0, 0.1) is 0 Å². The molecular formula is C19H21N3OS2. The van der Waals surface area contributed by atoms with E-state index in [-0.39, 0.29) is 5.91 Å². The highest BCUT2D eigenvalue weighted by molar-refractivity contribution is 7.22. The molecule has 4 nitrogen and oxygen atoms in total. The molecule has 25 heavy (non-hydrogen) atoms.